The van der Waals surface area contributed by atoms with Gasteiger partial charge in [-0.15, -0.1) is 0 Å². The van der Waals surface area contributed by atoms with E-state index in [-0.39, 0.29) is 22.5 Å². The lowest BCUT2D eigenvalue weighted by atomic mass is 9.61. The Bertz CT molecular complexity index is 504. The van der Waals surface area contributed by atoms with Crippen molar-refractivity contribution in [2.45, 2.75) is 46.5 Å². The Morgan fingerprint density at radius 3 is 2.16 bits per heavy atom. The minimum absolute atomic E-state index is 0.178. The molecule has 1 aromatic rings. The van der Waals surface area contributed by atoms with Gasteiger partial charge in [0.1, 0.15) is 0 Å². The lowest BCUT2D eigenvalue weighted by Crippen LogP contribution is -2.38. The zero-order valence-corrected chi connectivity index (χ0v) is 12.2. The van der Waals surface area contributed by atoms with Crippen molar-refractivity contribution in [3.8, 4) is 11.5 Å². The standard InChI is InChI=1S/C15H23NO3/c1-6-14(2,3)15(4,5)11-9(13(16)19)7-8-10(17)12(11)18/h7-8,17-18H,6H2,1-5H3,(H2,16,19). The number of rotatable bonds is 4. The normalized spacial score (nSPS) is 12.5. The van der Waals surface area contributed by atoms with Gasteiger partial charge in [-0.05, 0) is 23.0 Å². The van der Waals surface area contributed by atoms with Crippen molar-refractivity contribution in [2.24, 2.45) is 11.1 Å². The summed E-state index contributed by atoms with van der Waals surface area (Å²) in [7, 11) is 0. The van der Waals surface area contributed by atoms with Gasteiger partial charge >= 0.3 is 0 Å². The molecule has 0 saturated carbocycles. The molecule has 4 nitrogen and oxygen atoms in total. The van der Waals surface area contributed by atoms with E-state index in [1.54, 1.807) is 0 Å². The molecule has 0 aliphatic rings. The molecule has 0 bridgehead atoms. The summed E-state index contributed by atoms with van der Waals surface area (Å²) in [6.07, 6.45) is 0.854. The van der Waals surface area contributed by atoms with Gasteiger partial charge in [0.15, 0.2) is 11.5 Å². The molecule has 0 spiro atoms. The fraction of sp³-hybridized carbons (Fsp3) is 0.533. The van der Waals surface area contributed by atoms with Crippen LogP contribution in [0.2, 0.25) is 0 Å². The number of carbonyl (C=O) groups excluding carboxylic acids is 1. The second-order valence-electron chi connectivity index (χ2n) is 6.08. The van der Waals surface area contributed by atoms with Gasteiger partial charge in [-0.1, -0.05) is 41.0 Å². The molecule has 4 heteroatoms. The van der Waals surface area contributed by atoms with Gasteiger partial charge in [0.25, 0.3) is 0 Å². The largest absolute Gasteiger partial charge is 0.504 e. The van der Waals surface area contributed by atoms with Crippen molar-refractivity contribution in [3.63, 3.8) is 0 Å². The molecule has 0 saturated heterocycles. The van der Waals surface area contributed by atoms with Crippen LogP contribution >= 0.6 is 0 Å². The number of primary amides is 1. The van der Waals surface area contributed by atoms with Crippen LogP contribution in [0.25, 0.3) is 0 Å². The maximum Gasteiger partial charge on any atom is 0.249 e. The molecule has 0 atom stereocenters. The van der Waals surface area contributed by atoms with Gasteiger partial charge in [-0.3, -0.25) is 4.79 Å². The van der Waals surface area contributed by atoms with Crippen LogP contribution in [0.1, 0.15) is 57.0 Å². The van der Waals surface area contributed by atoms with Crippen LogP contribution in [-0.4, -0.2) is 16.1 Å². The van der Waals surface area contributed by atoms with E-state index in [0.717, 1.165) is 6.42 Å². The van der Waals surface area contributed by atoms with Crippen LogP contribution in [-0.2, 0) is 5.41 Å². The Morgan fingerprint density at radius 1 is 1.21 bits per heavy atom. The molecule has 106 valence electrons. The highest BCUT2D eigenvalue weighted by atomic mass is 16.3. The highest BCUT2D eigenvalue weighted by Gasteiger charge is 2.41. The Kier molecular flexibility index (Phi) is 3.84. The Balaban J connectivity index is 3.65. The molecule has 0 fully saturated rings. The molecule has 0 aromatic heterocycles. The first-order valence-electron chi connectivity index (χ1n) is 6.41. The average molecular weight is 265 g/mol. The molecule has 4 N–H and O–H groups in total. The lowest BCUT2D eigenvalue weighted by Gasteiger charge is -2.42. The molecular weight excluding hydrogens is 242 g/mol. The number of phenols is 2. The summed E-state index contributed by atoms with van der Waals surface area (Å²) >= 11 is 0. The van der Waals surface area contributed by atoms with Gasteiger partial charge in [-0.25, -0.2) is 0 Å². The second-order valence-corrected chi connectivity index (χ2v) is 6.08. The van der Waals surface area contributed by atoms with Crippen molar-refractivity contribution in [2.75, 3.05) is 0 Å². The summed E-state index contributed by atoms with van der Waals surface area (Å²) in [5.41, 5.74) is 5.35. The topological polar surface area (TPSA) is 83.6 Å². The number of carbonyl (C=O) groups is 1. The Morgan fingerprint density at radius 2 is 1.74 bits per heavy atom. The van der Waals surface area contributed by atoms with Gasteiger partial charge in [0.05, 0.1) is 0 Å². The maximum atomic E-state index is 11.6. The van der Waals surface area contributed by atoms with E-state index < -0.39 is 11.3 Å². The summed E-state index contributed by atoms with van der Waals surface area (Å²) < 4.78 is 0. The number of hydrogen-bond acceptors (Lipinski definition) is 3. The van der Waals surface area contributed by atoms with Crippen molar-refractivity contribution >= 4 is 5.91 Å². The summed E-state index contributed by atoms with van der Waals surface area (Å²) in [6.45, 7) is 10.0. The lowest BCUT2D eigenvalue weighted by molar-refractivity contribution is 0.0992. The Labute approximate surface area is 114 Å². The second kappa shape index (κ2) is 4.76. The zero-order chi connectivity index (χ0) is 15.0. The summed E-state index contributed by atoms with van der Waals surface area (Å²) in [5.74, 6) is -1.10. The third kappa shape index (κ3) is 2.39. The predicted molar refractivity (Wildman–Crippen MR) is 75.4 cm³/mol. The number of aromatic hydroxyl groups is 2. The number of phenolic OH excluding ortho intramolecular Hbond substituents is 2. The number of amides is 1. The van der Waals surface area contributed by atoms with Crippen molar-refractivity contribution in [3.05, 3.63) is 23.3 Å². The number of hydrogen-bond donors (Lipinski definition) is 3. The molecule has 1 rings (SSSR count). The van der Waals surface area contributed by atoms with Crippen LogP contribution in [0.5, 0.6) is 11.5 Å². The fourth-order valence-corrected chi connectivity index (χ4v) is 2.20. The summed E-state index contributed by atoms with van der Waals surface area (Å²) in [5, 5.41) is 19.9. The first kappa shape index (κ1) is 15.3. The predicted octanol–water partition coefficient (Wildman–Crippen LogP) is 2.91. The van der Waals surface area contributed by atoms with Crippen LogP contribution < -0.4 is 5.73 Å². The summed E-state index contributed by atoms with van der Waals surface area (Å²) in [6, 6.07) is 2.74. The molecule has 0 aliphatic heterocycles. The third-order valence-electron chi connectivity index (χ3n) is 4.62. The zero-order valence-electron chi connectivity index (χ0n) is 12.2. The highest BCUT2D eigenvalue weighted by molar-refractivity contribution is 5.96. The first-order chi connectivity index (χ1) is 8.56. The molecule has 1 aromatic carbocycles. The number of benzene rings is 1. The summed E-state index contributed by atoms with van der Waals surface area (Å²) in [4.78, 5) is 11.6. The van der Waals surface area contributed by atoms with Crippen LogP contribution in [0.15, 0.2) is 12.1 Å². The molecule has 0 radical (unpaired) electrons. The Hall–Kier alpha value is -1.71. The van der Waals surface area contributed by atoms with Crippen molar-refractivity contribution in [1.82, 2.24) is 0 Å². The highest BCUT2D eigenvalue weighted by Crippen LogP contribution is 2.49. The third-order valence-corrected chi connectivity index (χ3v) is 4.62. The van der Waals surface area contributed by atoms with E-state index in [4.69, 9.17) is 5.73 Å². The number of nitrogens with two attached hydrogens (primary N) is 1. The fourth-order valence-electron chi connectivity index (χ4n) is 2.20. The SMILES string of the molecule is CCC(C)(C)C(C)(C)c1c(C(N)=O)ccc(O)c1O. The van der Waals surface area contributed by atoms with E-state index in [1.165, 1.54) is 12.1 Å². The van der Waals surface area contributed by atoms with E-state index in [0.29, 0.717) is 5.56 Å². The van der Waals surface area contributed by atoms with E-state index in [2.05, 4.69) is 13.8 Å². The molecule has 1 amide bonds. The molecule has 0 unspecified atom stereocenters. The minimum Gasteiger partial charge on any atom is -0.504 e. The van der Waals surface area contributed by atoms with Crippen LogP contribution in [0.4, 0.5) is 0 Å². The average Bonchev–Trinajstić information content (AvgIpc) is 2.31. The first-order valence-corrected chi connectivity index (χ1v) is 6.41. The van der Waals surface area contributed by atoms with E-state index in [1.807, 2.05) is 20.8 Å². The van der Waals surface area contributed by atoms with Gasteiger partial charge in [0, 0.05) is 11.1 Å². The molecule has 19 heavy (non-hydrogen) atoms. The quantitative estimate of drug-likeness (QED) is 0.732. The molecule has 0 aliphatic carbocycles. The molecular formula is C15H23NO3. The monoisotopic (exact) mass is 265 g/mol. The minimum atomic E-state index is -0.606. The van der Waals surface area contributed by atoms with Crippen molar-refractivity contribution < 1.29 is 15.0 Å². The van der Waals surface area contributed by atoms with Crippen LogP contribution in [0, 0.1) is 5.41 Å². The smallest absolute Gasteiger partial charge is 0.249 e. The molecule has 0 heterocycles. The van der Waals surface area contributed by atoms with Gasteiger partial charge in [0.2, 0.25) is 5.91 Å². The van der Waals surface area contributed by atoms with Crippen LogP contribution in [0.3, 0.4) is 0 Å². The van der Waals surface area contributed by atoms with Crippen molar-refractivity contribution in [1.29, 1.82) is 0 Å². The van der Waals surface area contributed by atoms with E-state index >= 15 is 0 Å². The van der Waals surface area contributed by atoms with Gasteiger partial charge in [-0.2, -0.15) is 0 Å². The van der Waals surface area contributed by atoms with Gasteiger partial charge < -0.3 is 15.9 Å². The van der Waals surface area contributed by atoms with E-state index in [9.17, 15) is 15.0 Å². The maximum absolute atomic E-state index is 11.6.